The highest BCUT2D eigenvalue weighted by Crippen LogP contribution is 2.26. The summed E-state index contributed by atoms with van der Waals surface area (Å²) in [5.41, 5.74) is 1.73. The van der Waals surface area contributed by atoms with E-state index in [-0.39, 0.29) is 18.0 Å². The van der Waals surface area contributed by atoms with Gasteiger partial charge in [-0.2, -0.15) is 4.31 Å². The van der Waals surface area contributed by atoms with Crippen molar-refractivity contribution in [2.24, 2.45) is 0 Å². The van der Waals surface area contributed by atoms with Gasteiger partial charge in [-0.05, 0) is 54.8 Å². The SMILES string of the molecule is CCS(=O)(=O)N1CCc2ccc(NS(=O)(=O)c3cc(F)ccc3F)cc2C1. The maximum atomic E-state index is 13.8. The van der Waals surface area contributed by atoms with Crippen LogP contribution in [0.1, 0.15) is 18.1 Å². The van der Waals surface area contributed by atoms with Gasteiger partial charge >= 0.3 is 0 Å². The molecule has 0 saturated carbocycles. The van der Waals surface area contributed by atoms with Gasteiger partial charge in [0.1, 0.15) is 16.5 Å². The minimum absolute atomic E-state index is 0.0203. The second-order valence-corrected chi connectivity index (χ2v) is 10.1. The fourth-order valence-corrected chi connectivity index (χ4v) is 5.12. The molecule has 0 unspecified atom stereocenters. The maximum absolute atomic E-state index is 13.8. The Kier molecular flexibility index (Phi) is 5.24. The highest BCUT2D eigenvalue weighted by molar-refractivity contribution is 7.92. The zero-order valence-electron chi connectivity index (χ0n) is 14.4. The van der Waals surface area contributed by atoms with E-state index < -0.39 is 36.6 Å². The molecule has 3 rings (SSSR count). The predicted molar refractivity (Wildman–Crippen MR) is 97.2 cm³/mol. The molecule has 0 amide bonds. The third-order valence-electron chi connectivity index (χ3n) is 4.38. The summed E-state index contributed by atoms with van der Waals surface area (Å²) < 4.78 is 79.6. The minimum Gasteiger partial charge on any atom is -0.280 e. The molecular weight excluding hydrogens is 398 g/mol. The van der Waals surface area contributed by atoms with Crippen LogP contribution in [0.15, 0.2) is 41.3 Å². The Morgan fingerprint density at radius 2 is 1.78 bits per heavy atom. The molecule has 2 aromatic carbocycles. The van der Waals surface area contributed by atoms with Crippen LogP contribution in [0.4, 0.5) is 14.5 Å². The first-order valence-electron chi connectivity index (χ1n) is 8.20. The van der Waals surface area contributed by atoms with E-state index in [0.717, 1.165) is 17.7 Å². The molecular formula is C17H18F2N2O4S2. The van der Waals surface area contributed by atoms with Crippen LogP contribution in [0.5, 0.6) is 0 Å². The monoisotopic (exact) mass is 416 g/mol. The van der Waals surface area contributed by atoms with Gasteiger partial charge in [-0.15, -0.1) is 0 Å². The smallest absolute Gasteiger partial charge is 0.264 e. The summed E-state index contributed by atoms with van der Waals surface area (Å²) in [6, 6.07) is 6.90. The first-order valence-corrected chi connectivity index (χ1v) is 11.3. The molecule has 1 aliphatic heterocycles. The van der Waals surface area contributed by atoms with E-state index in [0.29, 0.717) is 24.6 Å². The van der Waals surface area contributed by atoms with Gasteiger partial charge in [0.05, 0.1) is 5.75 Å². The fourth-order valence-electron chi connectivity index (χ4n) is 2.91. The summed E-state index contributed by atoms with van der Waals surface area (Å²) in [6.45, 7) is 2.06. The van der Waals surface area contributed by atoms with Gasteiger partial charge in [0.25, 0.3) is 10.0 Å². The van der Waals surface area contributed by atoms with E-state index in [1.807, 2.05) is 0 Å². The first kappa shape index (κ1) is 19.7. The fraction of sp³-hybridized carbons (Fsp3) is 0.294. The molecule has 0 bridgehead atoms. The van der Waals surface area contributed by atoms with Crippen molar-refractivity contribution in [1.29, 1.82) is 0 Å². The summed E-state index contributed by atoms with van der Waals surface area (Å²) in [7, 11) is -7.70. The highest BCUT2D eigenvalue weighted by Gasteiger charge is 2.26. The molecule has 1 heterocycles. The number of benzene rings is 2. The number of hydrogen-bond acceptors (Lipinski definition) is 4. The summed E-state index contributed by atoms with van der Waals surface area (Å²) in [6.07, 6.45) is 0.514. The number of rotatable bonds is 5. The summed E-state index contributed by atoms with van der Waals surface area (Å²) >= 11 is 0. The van der Waals surface area contributed by atoms with Crippen molar-refractivity contribution < 1.29 is 25.6 Å². The molecule has 0 spiro atoms. The largest absolute Gasteiger partial charge is 0.280 e. The molecule has 1 aliphatic rings. The van der Waals surface area contributed by atoms with Gasteiger partial charge < -0.3 is 0 Å². The molecule has 0 saturated heterocycles. The van der Waals surface area contributed by atoms with Crippen molar-refractivity contribution in [2.45, 2.75) is 24.8 Å². The van der Waals surface area contributed by atoms with Crippen LogP contribution in [-0.4, -0.2) is 33.4 Å². The standard InChI is InChI=1S/C17H18F2N2O4S2/c1-2-26(22,23)21-8-7-12-3-5-15(9-13(12)11-21)20-27(24,25)17-10-14(18)4-6-16(17)19/h3-6,9-10,20H,2,7-8,11H2,1H3. The van der Waals surface area contributed by atoms with E-state index in [2.05, 4.69) is 4.72 Å². The molecule has 0 atom stereocenters. The molecule has 2 aromatic rings. The summed E-state index contributed by atoms with van der Waals surface area (Å²) in [4.78, 5) is -0.796. The highest BCUT2D eigenvalue weighted by atomic mass is 32.2. The molecule has 6 nitrogen and oxygen atoms in total. The predicted octanol–water partition coefficient (Wildman–Crippen LogP) is 2.47. The van der Waals surface area contributed by atoms with Gasteiger partial charge in [-0.3, -0.25) is 4.72 Å². The van der Waals surface area contributed by atoms with Crippen molar-refractivity contribution in [3.05, 3.63) is 59.2 Å². The summed E-state index contributed by atoms with van der Waals surface area (Å²) in [5, 5.41) is 0. The van der Waals surface area contributed by atoms with Crippen molar-refractivity contribution in [3.63, 3.8) is 0 Å². The Bertz CT molecular complexity index is 1090. The molecule has 0 aromatic heterocycles. The van der Waals surface area contributed by atoms with Gasteiger partial charge in [0.2, 0.25) is 10.0 Å². The second-order valence-electron chi connectivity index (χ2n) is 6.15. The Morgan fingerprint density at radius 1 is 1.04 bits per heavy atom. The van der Waals surface area contributed by atoms with E-state index >= 15 is 0 Å². The number of halogens is 2. The zero-order valence-corrected chi connectivity index (χ0v) is 16.1. The molecule has 1 N–H and O–H groups in total. The van der Waals surface area contributed by atoms with E-state index in [1.54, 1.807) is 13.0 Å². The number of fused-ring (bicyclic) bond motifs is 1. The molecule has 0 radical (unpaired) electrons. The third-order valence-corrected chi connectivity index (χ3v) is 7.60. The Labute approximate surface area is 156 Å². The van der Waals surface area contributed by atoms with Gasteiger partial charge in [0.15, 0.2) is 0 Å². The van der Waals surface area contributed by atoms with Crippen molar-refractivity contribution in [1.82, 2.24) is 4.31 Å². The lowest BCUT2D eigenvalue weighted by atomic mass is 10.0. The number of nitrogens with zero attached hydrogens (tertiary/aromatic N) is 1. The van der Waals surface area contributed by atoms with E-state index in [1.165, 1.54) is 16.4 Å². The average molecular weight is 416 g/mol. The molecule has 0 aliphatic carbocycles. The van der Waals surface area contributed by atoms with Crippen molar-refractivity contribution >= 4 is 25.7 Å². The lowest BCUT2D eigenvalue weighted by molar-refractivity contribution is 0.392. The van der Waals surface area contributed by atoms with Crippen LogP contribution in [0.2, 0.25) is 0 Å². The molecule has 146 valence electrons. The maximum Gasteiger partial charge on any atom is 0.264 e. The quantitative estimate of drug-likeness (QED) is 0.812. The zero-order chi connectivity index (χ0) is 19.8. The van der Waals surface area contributed by atoms with E-state index in [4.69, 9.17) is 0 Å². The second kappa shape index (κ2) is 7.17. The topological polar surface area (TPSA) is 83.6 Å². The lowest BCUT2D eigenvalue weighted by Gasteiger charge is -2.28. The van der Waals surface area contributed by atoms with Crippen LogP contribution in [0.3, 0.4) is 0 Å². The lowest BCUT2D eigenvalue weighted by Crippen LogP contribution is -2.36. The molecule has 27 heavy (non-hydrogen) atoms. The van der Waals surface area contributed by atoms with Crippen LogP contribution >= 0.6 is 0 Å². The van der Waals surface area contributed by atoms with Crippen LogP contribution in [0, 0.1) is 11.6 Å². The first-order chi connectivity index (χ1) is 12.6. The van der Waals surface area contributed by atoms with Gasteiger partial charge in [0, 0.05) is 18.8 Å². The number of anilines is 1. The van der Waals surface area contributed by atoms with E-state index in [9.17, 15) is 25.6 Å². The normalized spacial score (nSPS) is 15.4. The number of hydrogen-bond donors (Lipinski definition) is 1. The van der Waals surface area contributed by atoms with Crippen LogP contribution < -0.4 is 4.72 Å². The Balaban J connectivity index is 1.90. The Morgan fingerprint density at radius 3 is 2.48 bits per heavy atom. The van der Waals surface area contributed by atoms with Gasteiger partial charge in [-0.1, -0.05) is 6.07 Å². The number of sulfonamides is 2. The Hall–Kier alpha value is -2.04. The number of nitrogens with one attached hydrogen (secondary N) is 1. The minimum atomic E-state index is -4.34. The molecule has 10 heteroatoms. The van der Waals surface area contributed by atoms with Crippen molar-refractivity contribution in [3.8, 4) is 0 Å². The average Bonchev–Trinajstić information content (AvgIpc) is 2.62. The van der Waals surface area contributed by atoms with Crippen molar-refractivity contribution in [2.75, 3.05) is 17.0 Å². The van der Waals surface area contributed by atoms with Gasteiger partial charge in [-0.25, -0.2) is 25.6 Å². The van der Waals surface area contributed by atoms with Crippen LogP contribution in [0.25, 0.3) is 0 Å². The summed E-state index contributed by atoms with van der Waals surface area (Å²) in [5.74, 6) is -1.96. The third kappa shape index (κ3) is 4.12. The van der Waals surface area contributed by atoms with Crippen LogP contribution in [-0.2, 0) is 33.0 Å². The molecule has 0 fully saturated rings.